The molecule has 0 amide bonds. The average molecular weight is 423 g/mol. The van der Waals surface area contributed by atoms with Gasteiger partial charge in [0.2, 0.25) is 0 Å². The summed E-state index contributed by atoms with van der Waals surface area (Å²) in [6.07, 6.45) is -0.228. The first-order valence-electron chi connectivity index (χ1n) is 8.10. The minimum absolute atomic E-state index is 0.157. The van der Waals surface area contributed by atoms with Crippen LogP contribution in [0.2, 0.25) is 0 Å². The van der Waals surface area contributed by atoms with Crippen LogP contribution in [0, 0.1) is 13.8 Å². The van der Waals surface area contributed by atoms with Crippen LogP contribution in [0.4, 0.5) is 0 Å². The number of nitrogens with one attached hydrogen (secondary N) is 1. The third kappa shape index (κ3) is 3.94. The monoisotopic (exact) mass is 423 g/mol. The number of esters is 2. The topological polar surface area (TPSA) is 124 Å². The fraction of sp³-hybridized carbons (Fsp3) is 0.353. The van der Waals surface area contributed by atoms with E-state index in [0.717, 1.165) is 22.8 Å². The van der Waals surface area contributed by atoms with E-state index in [1.54, 1.807) is 0 Å². The summed E-state index contributed by atoms with van der Waals surface area (Å²) in [5.41, 5.74) is 0.615. The number of nitrogens with zero attached hydrogens (tertiary/aromatic N) is 2. The van der Waals surface area contributed by atoms with Crippen molar-refractivity contribution in [1.29, 1.82) is 0 Å². The number of thiophene rings is 1. The van der Waals surface area contributed by atoms with E-state index in [0.29, 0.717) is 21.6 Å². The maximum atomic E-state index is 12.6. The smallest absolute Gasteiger partial charge is 0.348 e. The van der Waals surface area contributed by atoms with Crippen LogP contribution in [0.1, 0.15) is 32.5 Å². The Kier molecular flexibility index (Phi) is 5.84. The quantitative estimate of drug-likeness (QED) is 0.470. The van der Waals surface area contributed by atoms with Gasteiger partial charge < -0.3 is 18.9 Å². The van der Waals surface area contributed by atoms with Crippen LogP contribution in [0.15, 0.2) is 14.4 Å². The van der Waals surface area contributed by atoms with Gasteiger partial charge in [0.25, 0.3) is 10.8 Å². The summed E-state index contributed by atoms with van der Waals surface area (Å²) < 4.78 is 14.9. The SMILES string of the molecule is COC(=O)Cc1c(C(=O)OC)sc2nc(CSc3nc(C)c(C)o3)[nH]c(=O)c12. The van der Waals surface area contributed by atoms with Gasteiger partial charge >= 0.3 is 11.9 Å². The van der Waals surface area contributed by atoms with Crippen molar-refractivity contribution in [3.8, 4) is 0 Å². The molecule has 0 bridgehead atoms. The summed E-state index contributed by atoms with van der Waals surface area (Å²) in [4.78, 5) is 48.3. The molecule has 148 valence electrons. The molecule has 0 spiro atoms. The number of aromatic amines is 1. The largest absolute Gasteiger partial charge is 0.469 e. The molecule has 0 fully saturated rings. The van der Waals surface area contributed by atoms with E-state index in [2.05, 4.69) is 19.7 Å². The molecule has 9 nitrogen and oxygen atoms in total. The highest BCUT2D eigenvalue weighted by molar-refractivity contribution is 7.98. The third-order valence-corrected chi connectivity index (χ3v) is 5.92. The highest BCUT2D eigenvalue weighted by Crippen LogP contribution is 2.30. The van der Waals surface area contributed by atoms with Gasteiger partial charge in [0, 0.05) is 5.56 Å². The maximum absolute atomic E-state index is 12.6. The molecule has 0 unspecified atom stereocenters. The van der Waals surface area contributed by atoms with Gasteiger partial charge in [0.1, 0.15) is 21.3 Å². The fourth-order valence-electron chi connectivity index (χ4n) is 2.46. The zero-order valence-corrected chi connectivity index (χ0v) is 17.2. The second kappa shape index (κ2) is 8.15. The summed E-state index contributed by atoms with van der Waals surface area (Å²) >= 11 is 2.29. The molecule has 3 aromatic heterocycles. The lowest BCUT2D eigenvalue weighted by Crippen LogP contribution is -2.15. The molecule has 3 heterocycles. The van der Waals surface area contributed by atoms with E-state index >= 15 is 0 Å². The third-order valence-electron chi connectivity index (χ3n) is 3.97. The number of hydrogen-bond acceptors (Lipinski definition) is 10. The molecule has 0 aliphatic heterocycles. The Bertz CT molecular complexity index is 1090. The van der Waals surface area contributed by atoms with Crippen molar-refractivity contribution in [1.82, 2.24) is 15.0 Å². The van der Waals surface area contributed by atoms with Crippen LogP contribution in [0.25, 0.3) is 10.2 Å². The maximum Gasteiger partial charge on any atom is 0.348 e. The molecule has 0 aliphatic rings. The van der Waals surface area contributed by atoms with Crippen molar-refractivity contribution in [2.75, 3.05) is 14.2 Å². The van der Waals surface area contributed by atoms with Gasteiger partial charge in [-0.05, 0) is 13.8 Å². The van der Waals surface area contributed by atoms with Crippen molar-refractivity contribution in [2.45, 2.75) is 31.2 Å². The van der Waals surface area contributed by atoms with E-state index < -0.39 is 17.5 Å². The molecular formula is C17H17N3O6S2. The first-order chi connectivity index (χ1) is 13.3. The van der Waals surface area contributed by atoms with Gasteiger partial charge in [0.15, 0.2) is 0 Å². The number of aryl methyl sites for hydroxylation is 2. The van der Waals surface area contributed by atoms with Crippen molar-refractivity contribution < 1.29 is 23.5 Å². The van der Waals surface area contributed by atoms with Gasteiger partial charge in [-0.2, -0.15) is 0 Å². The Morgan fingerprint density at radius 2 is 1.96 bits per heavy atom. The molecular weight excluding hydrogens is 406 g/mol. The number of hydrogen-bond donors (Lipinski definition) is 1. The van der Waals surface area contributed by atoms with Crippen LogP contribution < -0.4 is 5.56 Å². The van der Waals surface area contributed by atoms with Crippen LogP contribution in [-0.2, 0) is 26.4 Å². The molecule has 11 heteroatoms. The first-order valence-corrected chi connectivity index (χ1v) is 9.90. The molecule has 3 aromatic rings. The number of rotatable bonds is 6. The zero-order valence-electron chi connectivity index (χ0n) is 15.6. The molecule has 3 rings (SSSR count). The summed E-state index contributed by atoms with van der Waals surface area (Å²) in [5, 5.41) is 0.665. The Morgan fingerprint density at radius 3 is 2.57 bits per heavy atom. The number of methoxy groups -OCH3 is 2. The van der Waals surface area contributed by atoms with E-state index in [9.17, 15) is 14.4 Å². The molecule has 0 radical (unpaired) electrons. The zero-order chi connectivity index (χ0) is 20.4. The molecule has 0 aliphatic carbocycles. The minimum atomic E-state index is -0.636. The number of thioether (sulfide) groups is 1. The van der Waals surface area contributed by atoms with Crippen molar-refractivity contribution >= 4 is 45.3 Å². The molecule has 0 saturated heterocycles. The van der Waals surface area contributed by atoms with Gasteiger partial charge in [-0.1, -0.05) is 11.8 Å². The van der Waals surface area contributed by atoms with E-state index in [1.165, 1.54) is 26.0 Å². The Labute approximate surface area is 167 Å². The number of ether oxygens (including phenoxy) is 2. The Hall–Kier alpha value is -2.66. The summed E-state index contributed by atoms with van der Waals surface area (Å²) in [7, 11) is 2.47. The molecule has 1 N–H and O–H groups in total. The van der Waals surface area contributed by atoms with Gasteiger partial charge in [0.05, 0.1) is 37.5 Å². The van der Waals surface area contributed by atoms with E-state index in [4.69, 9.17) is 9.15 Å². The van der Waals surface area contributed by atoms with Crippen LogP contribution in [-0.4, -0.2) is 41.1 Å². The van der Waals surface area contributed by atoms with Crippen LogP contribution in [0.3, 0.4) is 0 Å². The number of H-pyrrole nitrogens is 1. The molecule has 0 saturated carbocycles. The van der Waals surface area contributed by atoms with Gasteiger partial charge in [-0.25, -0.2) is 14.8 Å². The average Bonchev–Trinajstić information content (AvgIpc) is 3.19. The lowest BCUT2D eigenvalue weighted by Gasteiger charge is -2.02. The predicted octanol–water partition coefficient (Wildman–Crippen LogP) is 2.38. The van der Waals surface area contributed by atoms with Crippen molar-refractivity contribution in [3.05, 3.63) is 38.1 Å². The molecule has 0 aromatic carbocycles. The normalized spacial score (nSPS) is 11.0. The molecule has 0 atom stereocenters. The second-order valence-electron chi connectivity index (χ2n) is 5.76. The lowest BCUT2D eigenvalue weighted by molar-refractivity contribution is -0.139. The van der Waals surface area contributed by atoms with Gasteiger partial charge in [-0.3, -0.25) is 9.59 Å². The fourth-order valence-corrected chi connectivity index (χ4v) is 4.37. The lowest BCUT2D eigenvalue weighted by atomic mass is 10.1. The minimum Gasteiger partial charge on any atom is -0.469 e. The highest BCUT2D eigenvalue weighted by atomic mass is 32.2. The summed E-state index contributed by atoms with van der Waals surface area (Å²) in [6, 6.07) is 0. The first kappa shape index (κ1) is 20.1. The van der Waals surface area contributed by atoms with E-state index in [1.807, 2.05) is 13.8 Å². The van der Waals surface area contributed by atoms with Crippen LogP contribution >= 0.6 is 23.1 Å². The molecule has 28 heavy (non-hydrogen) atoms. The number of carbonyl (C=O) groups is 2. The predicted molar refractivity (Wildman–Crippen MR) is 103 cm³/mol. The Balaban J connectivity index is 1.99. The van der Waals surface area contributed by atoms with Crippen LogP contribution in [0.5, 0.6) is 0 Å². The number of fused-ring (bicyclic) bond motifs is 1. The van der Waals surface area contributed by atoms with E-state index in [-0.39, 0.29) is 22.2 Å². The number of carbonyl (C=O) groups excluding carboxylic acids is 2. The van der Waals surface area contributed by atoms with Crippen molar-refractivity contribution in [3.63, 3.8) is 0 Å². The second-order valence-corrected chi connectivity index (χ2v) is 7.68. The number of oxazole rings is 1. The summed E-state index contributed by atoms with van der Waals surface area (Å²) in [5.74, 6) is 0.246. The highest BCUT2D eigenvalue weighted by Gasteiger charge is 2.24. The number of aromatic nitrogens is 3. The Morgan fingerprint density at radius 1 is 1.21 bits per heavy atom. The summed E-state index contributed by atoms with van der Waals surface area (Å²) in [6.45, 7) is 3.67. The van der Waals surface area contributed by atoms with Gasteiger partial charge in [-0.15, -0.1) is 11.3 Å². The standard InChI is InChI=1S/C17H17N3O6S2/c1-7-8(2)26-17(18-7)27-6-10-19-14(22)12-9(5-11(21)24-3)13(16(23)25-4)28-15(12)20-10/h5-6H2,1-4H3,(H,19,20,22). The van der Waals surface area contributed by atoms with Crippen molar-refractivity contribution in [2.24, 2.45) is 0 Å².